The molecule has 26 heavy (non-hydrogen) atoms. The minimum atomic E-state index is -0.148. The van der Waals surface area contributed by atoms with Crippen LogP contribution in [0.4, 0.5) is 0 Å². The van der Waals surface area contributed by atoms with Gasteiger partial charge in [-0.15, -0.1) is 0 Å². The molecule has 1 amide bonds. The summed E-state index contributed by atoms with van der Waals surface area (Å²) in [6, 6.07) is 7.43. The molecule has 2 heterocycles. The minimum absolute atomic E-state index is 0.0304. The molecule has 3 rings (SSSR count). The summed E-state index contributed by atoms with van der Waals surface area (Å²) >= 11 is 5.77. The Hall–Kier alpha value is -2.54. The van der Waals surface area contributed by atoms with E-state index in [0.717, 1.165) is 12.8 Å². The molecule has 138 valence electrons. The summed E-state index contributed by atoms with van der Waals surface area (Å²) in [5.74, 6) is 1.19. The molecule has 0 saturated carbocycles. The monoisotopic (exact) mass is 377 g/mol. The smallest absolute Gasteiger partial charge is 0.316 e. The number of amides is 1. The Kier molecular flexibility index (Phi) is 6.12. The van der Waals surface area contributed by atoms with Gasteiger partial charge in [0.2, 0.25) is 0 Å². The third kappa shape index (κ3) is 4.98. The Labute approximate surface area is 156 Å². The highest BCUT2D eigenvalue weighted by atomic mass is 35.5. The number of methoxy groups -OCH3 is 1. The lowest BCUT2D eigenvalue weighted by Crippen LogP contribution is -2.46. The Morgan fingerprint density at radius 1 is 1.31 bits per heavy atom. The van der Waals surface area contributed by atoms with Crippen LogP contribution in [0.3, 0.4) is 0 Å². The number of piperidine rings is 1. The Morgan fingerprint density at radius 3 is 2.85 bits per heavy atom. The molecule has 1 aliphatic heterocycles. The fourth-order valence-corrected chi connectivity index (χ4v) is 2.80. The second kappa shape index (κ2) is 8.71. The van der Waals surface area contributed by atoms with Crippen molar-refractivity contribution in [2.75, 3.05) is 26.8 Å². The van der Waals surface area contributed by atoms with Gasteiger partial charge >= 0.3 is 6.01 Å². The summed E-state index contributed by atoms with van der Waals surface area (Å²) in [7, 11) is 1.59. The van der Waals surface area contributed by atoms with Crippen molar-refractivity contribution in [3.05, 3.63) is 41.7 Å². The highest BCUT2D eigenvalue weighted by Crippen LogP contribution is 2.20. The number of benzene rings is 1. The van der Waals surface area contributed by atoms with E-state index in [1.807, 2.05) is 12.1 Å². The Morgan fingerprint density at radius 2 is 2.08 bits per heavy atom. The zero-order chi connectivity index (χ0) is 18.4. The number of hydrogen-bond donors (Lipinski definition) is 0. The lowest BCUT2D eigenvalue weighted by molar-refractivity contribution is -0.136. The van der Waals surface area contributed by atoms with E-state index in [1.165, 1.54) is 12.4 Å². The number of hydrogen-bond acceptors (Lipinski definition) is 6. The zero-order valence-corrected chi connectivity index (χ0v) is 15.2. The van der Waals surface area contributed by atoms with Crippen LogP contribution in [0.15, 0.2) is 36.7 Å². The normalized spacial score (nSPS) is 16.8. The van der Waals surface area contributed by atoms with Crippen molar-refractivity contribution in [2.45, 2.75) is 18.9 Å². The van der Waals surface area contributed by atoms with Gasteiger partial charge in [0, 0.05) is 12.6 Å². The quantitative estimate of drug-likeness (QED) is 0.770. The first-order valence-corrected chi connectivity index (χ1v) is 8.70. The van der Waals surface area contributed by atoms with Gasteiger partial charge in [-0.25, -0.2) is 9.97 Å². The average molecular weight is 378 g/mol. The topological polar surface area (TPSA) is 73.8 Å². The fourth-order valence-electron chi connectivity index (χ4n) is 2.70. The molecule has 8 heteroatoms. The van der Waals surface area contributed by atoms with E-state index >= 15 is 0 Å². The number of ether oxygens (including phenoxy) is 3. The van der Waals surface area contributed by atoms with Gasteiger partial charge in [-0.1, -0.05) is 17.7 Å². The van der Waals surface area contributed by atoms with Crippen molar-refractivity contribution in [1.82, 2.24) is 14.9 Å². The summed E-state index contributed by atoms with van der Waals surface area (Å²) < 4.78 is 16.5. The summed E-state index contributed by atoms with van der Waals surface area (Å²) in [4.78, 5) is 22.2. The number of nitrogens with zero attached hydrogens (tertiary/aromatic N) is 3. The summed E-state index contributed by atoms with van der Waals surface area (Å²) in [5.41, 5.74) is 0. The predicted molar refractivity (Wildman–Crippen MR) is 95.8 cm³/mol. The SMILES string of the molecule is COc1cccc(OCC(=O)N2CCC[C@H](Oc3ncc(Cl)cn3)C2)c1. The van der Waals surface area contributed by atoms with Crippen LogP contribution in [-0.4, -0.2) is 53.7 Å². The van der Waals surface area contributed by atoms with Gasteiger partial charge < -0.3 is 19.1 Å². The van der Waals surface area contributed by atoms with Crippen LogP contribution in [0.1, 0.15) is 12.8 Å². The van der Waals surface area contributed by atoms with E-state index < -0.39 is 0 Å². The van der Waals surface area contributed by atoms with Crippen LogP contribution in [0.25, 0.3) is 0 Å². The molecule has 1 atom stereocenters. The van der Waals surface area contributed by atoms with E-state index in [2.05, 4.69) is 9.97 Å². The number of rotatable bonds is 6. The molecular weight excluding hydrogens is 358 g/mol. The highest BCUT2D eigenvalue weighted by Gasteiger charge is 2.25. The van der Waals surface area contributed by atoms with E-state index in [9.17, 15) is 4.79 Å². The van der Waals surface area contributed by atoms with Gasteiger partial charge in [-0.05, 0) is 25.0 Å². The fraction of sp³-hybridized carbons (Fsp3) is 0.389. The van der Waals surface area contributed by atoms with E-state index in [1.54, 1.807) is 24.1 Å². The average Bonchev–Trinajstić information content (AvgIpc) is 2.68. The molecule has 1 aliphatic rings. The van der Waals surface area contributed by atoms with Crippen molar-refractivity contribution in [1.29, 1.82) is 0 Å². The molecular formula is C18H20ClN3O4. The number of carbonyl (C=O) groups excluding carboxylic acids is 1. The molecule has 0 aliphatic carbocycles. The third-order valence-corrected chi connectivity index (χ3v) is 4.20. The number of likely N-dealkylation sites (tertiary alicyclic amines) is 1. The van der Waals surface area contributed by atoms with Gasteiger partial charge in [0.15, 0.2) is 6.61 Å². The largest absolute Gasteiger partial charge is 0.497 e. The van der Waals surface area contributed by atoms with Crippen LogP contribution in [0.5, 0.6) is 17.5 Å². The second-order valence-corrected chi connectivity index (χ2v) is 6.31. The van der Waals surface area contributed by atoms with Crippen LogP contribution < -0.4 is 14.2 Å². The second-order valence-electron chi connectivity index (χ2n) is 5.87. The van der Waals surface area contributed by atoms with E-state index in [0.29, 0.717) is 29.6 Å². The molecule has 0 spiro atoms. The maximum Gasteiger partial charge on any atom is 0.316 e. The van der Waals surface area contributed by atoms with Gasteiger partial charge in [0.25, 0.3) is 5.91 Å². The molecule has 1 aromatic carbocycles. The van der Waals surface area contributed by atoms with E-state index in [4.69, 9.17) is 25.8 Å². The van der Waals surface area contributed by atoms with Gasteiger partial charge in [-0.3, -0.25) is 4.79 Å². The van der Waals surface area contributed by atoms with Crippen molar-refractivity contribution in [2.24, 2.45) is 0 Å². The maximum atomic E-state index is 12.4. The van der Waals surface area contributed by atoms with Crippen molar-refractivity contribution in [3.63, 3.8) is 0 Å². The summed E-state index contributed by atoms with van der Waals surface area (Å²) in [6.07, 6.45) is 4.51. The number of aromatic nitrogens is 2. The van der Waals surface area contributed by atoms with Crippen molar-refractivity contribution < 1.29 is 19.0 Å². The molecule has 2 aromatic rings. The lowest BCUT2D eigenvalue weighted by atomic mass is 10.1. The molecule has 7 nitrogen and oxygen atoms in total. The van der Waals surface area contributed by atoms with E-state index in [-0.39, 0.29) is 24.6 Å². The van der Waals surface area contributed by atoms with Crippen molar-refractivity contribution in [3.8, 4) is 17.5 Å². The molecule has 0 unspecified atom stereocenters. The van der Waals surface area contributed by atoms with Gasteiger partial charge in [-0.2, -0.15) is 0 Å². The summed E-state index contributed by atoms with van der Waals surface area (Å²) in [6.45, 7) is 1.13. The molecule has 0 radical (unpaired) electrons. The first-order valence-electron chi connectivity index (χ1n) is 8.33. The van der Waals surface area contributed by atoms with Gasteiger partial charge in [0.05, 0.1) is 31.1 Å². The highest BCUT2D eigenvalue weighted by molar-refractivity contribution is 6.30. The first-order chi connectivity index (χ1) is 12.6. The van der Waals surface area contributed by atoms with Crippen LogP contribution in [-0.2, 0) is 4.79 Å². The predicted octanol–water partition coefficient (Wildman–Crippen LogP) is 2.59. The van der Waals surface area contributed by atoms with Crippen LogP contribution in [0.2, 0.25) is 5.02 Å². The standard InChI is InChI=1S/C18H20ClN3O4/c1-24-14-4-2-5-15(8-14)25-12-17(23)22-7-3-6-16(11-22)26-18-20-9-13(19)10-21-18/h2,4-5,8-10,16H,3,6-7,11-12H2,1H3/t16-/m0/s1. The first kappa shape index (κ1) is 18.3. The lowest BCUT2D eigenvalue weighted by Gasteiger charge is -2.32. The van der Waals surface area contributed by atoms with Gasteiger partial charge in [0.1, 0.15) is 17.6 Å². The minimum Gasteiger partial charge on any atom is -0.497 e. The number of carbonyl (C=O) groups is 1. The zero-order valence-electron chi connectivity index (χ0n) is 14.4. The molecule has 0 N–H and O–H groups in total. The van der Waals surface area contributed by atoms with Crippen LogP contribution >= 0.6 is 11.6 Å². The molecule has 1 saturated heterocycles. The third-order valence-electron chi connectivity index (χ3n) is 4.00. The van der Waals surface area contributed by atoms with Crippen LogP contribution in [0, 0.1) is 0 Å². The molecule has 0 bridgehead atoms. The summed E-state index contributed by atoms with van der Waals surface area (Å²) in [5, 5.41) is 0.451. The van der Waals surface area contributed by atoms with Crippen molar-refractivity contribution >= 4 is 17.5 Å². The molecule has 1 fully saturated rings. The number of halogens is 1. The maximum absolute atomic E-state index is 12.4. The molecule has 1 aromatic heterocycles. The Bertz CT molecular complexity index is 741. The Balaban J connectivity index is 1.51.